The summed E-state index contributed by atoms with van der Waals surface area (Å²) in [5.74, 6) is -0.558. The maximum Gasteiger partial charge on any atom is 0.337 e. The molecule has 0 heterocycles. The first-order valence-electron chi connectivity index (χ1n) is 4.79. The van der Waals surface area contributed by atoms with Gasteiger partial charge in [0.05, 0.1) is 10.6 Å². The molecule has 1 rings (SSSR count). The largest absolute Gasteiger partial charge is 0.490 e. The smallest absolute Gasteiger partial charge is 0.337 e. The van der Waals surface area contributed by atoms with Gasteiger partial charge in [0.2, 0.25) is 0 Å². The van der Waals surface area contributed by atoms with Crippen LogP contribution >= 0.6 is 11.6 Å². The minimum atomic E-state index is -1.06. The number of ether oxygens (including phenoxy) is 1. The first-order valence-corrected chi connectivity index (χ1v) is 5.17. The van der Waals surface area contributed by atoms with E-state index in [1.165, 1.54) is 12.1 Å². The van der Waals surface area contributed by atoms with E-state index in [0.29, 0.717) is 12.4 Å². The molecule has 1 aromatic rings. The van der Waals surface area contributed by atoms with E-state index in [4.69, 9.17) is 21.4 Å². The van der Waals surface area contributed by atoms with Crippen molar-refractivity contribution in [1.29, 1.82) is 0 Å². The van der Waals surface area contributed by atoms with E-state index in [-0.39, 0.29) is 10.6 Å². The number of carboxylic acid groups (broad SMARTS) is 1. The highest BCUT2D eigenvalue weighted by Crippen LogP contribution is 2.22. The molecule has 0 bridgehead atoms. The second-order valence-electron chi connectivity index (χ2n) is 3.54. The van der Waals surface area contributed by atoms with Crippen molar-refractivity contribution in [3.05, 3.63) is 40.4 Å². The number of rotatable bonds is 4. The highest BCUT2D eigenvalue weighted by atomic mass is 35.5. The highest BCUT2D eigenvalue weighted by molar-refractivity contribution is 6.33. The van der Waals surface area contributed by atoms with Crippen LogP contribution in [0.4, 0.5) is 0 Å². The fourth-order valence-electron chi connectivity index (χ4n) is 1.06. The molecule has 0 saturated carbocycles. The zero-order valence-electron chi connectivity index (χ0n) is 9.16. The summed E-state index contributed by atoms with van der Waals surface area (Å²) in [6.07, 6.45) is 1.91. The minimum absolute atomic E-state index is 0.0522. The normalized spacial score (nSPS) is 9.69. The Balaban J connectivity index is 2.79. The van der Waals surface area contributed by atoms with Gasteiger partial charge in [0.25, 0.3) is 0 Å². The van der Waals surface area contributed by atoms with Crippen LogP contribution in [0.1, 0.15) is 24.2 Å². The van der Waals surface area contributed by atoms with E-state index in [1.807, 2.05) is 19.9 Å². The van der Waals surface area contributed by atoms with Crippen LogP contribution in [0, 0.1) is 0 Å². The monoisotopic (exact) mass is 240 g/mol. The summed E-state index contributed by atoms with van der Waals surface area (Å²) in [6.45, 7) is 4.35. The molecule has 1 aromatic carbocycles. The Kier molecular flexibility index (Phi) is 4.38. The summed E-state index contributed by atoms with van der Waals surface area (Å²) < 4.78 is 5.36. The average molecular weight is 241 g/mol. The van der Waals surface area contributed by atoms with Gasteiger partial charge >= 0.3 is 5.97 Å². The van der Waals surface area contributed by atoms with E-state index in [9.17, 15) is 4.79 Å². The molecule has 1 N–H and O–H groups in total. The van der Waals surface area contributed by atoms with Crippen LogP contribution in [-0.4, -0.2) is 17.7 Å². The van der Waals surface area contributed by atoms with Gasteiger partial charge < -0.3 is 9.84 Å². The molecular formula is C12H13ClO3. The molecule has 16 heavy (non-hydrogen) atoms. The lowest BCUT2D eigenvalue weighted by atomic mass is 10.2. The summed E-state index contributed by atoms with van der Waals surface area (Å²) >= 11 is 5.73. The van der Waals surface area contributed by atoms with Gasteiger partial charge in [-0.05, 0) is 38.1 Å². The number of aromatic carboxylic acids is 1. The molecule has 3 nitrogen and oxygen atoms in total. The van der Waals surface area contributed by atoms with Crippen LogP contribution in [0.25, 0.3) is 0 Å². The lowest BCUT2D eigenvalue weighted by Gasteiger charge is -2.05. The molecule has 0 unspecified atom stereocenters. The van der Waals surface area contributed by atoms with E-state index >= 15 is 0 Å². The Hall–Kier alpha value is -1.48. The molecule has 0 aliphatic carbocycles. The number of allylic oxidation sites excluding steroid dienone is 1. The molecule has 0 radical (unpaired) electrons. The average Bonchev–Trinajstić information content (AvgIpc) is 2.19. The molecule has 0 atom stereocenters. The van der Waals surface area contributed by atoms with Gasteiger partial charge in [-0.25, -0.2) is 4.79 Å². The second kappa shape index (κ2) is 5.56. The Bertz CT molecular complexity index is 420. The number of carbonyl (C=O) groups is 1. The van der Waals surface area contributed by atoms with Crippen molar-refractivity contribution in [2.24, 2.45) is 0 Å². The number of hydrogen-bond acceptors (Lipinski definition) is 2. The van der Waals surface area contributed by atoms with Crippen LogP contribution < -0.4 is 4.74 Å². The van der Waals surface area contributed by atoms with Crippen molar-refractivity contribution in [3.8, 4) is 5.75 Å². The standard InChI is InChI=1S/C12H13ClO3/c1-8(2)5-6-16-9-3-4-11(13)10(7-9)12(14)15/h3-5,7H,6H2,1-2H3,(H,14,15). The molecule has 0 fully saturated rings. The first-order chi connectivity index (χ1) is 7.50. The third kappa shape index (κ3) is 3.59. The lowest BCUT2D eigenvalue weighted by molar-refractivity contribution is 0.0696. The molecule has 0 aliphatic rings. The van der Waals surface area contributed by atoms with Gasteiger partial charge in [-0.2, -0.15) is 0 Å². The highest BCUT2D eigenvalue weighted by Gasteiger charge is 2.09. The third-order valence-corrected chi connectivity index (χ3v) is 2.24. The van der Waals surface area contributed by atoms with Crippen LogP contribution in [0.2, 0.25) is 5.02 Å². The van der Waals surface area contributed by atoms with Crippen molar-refractivity contribution in [1.82, 2.24) is 0 Å². The Morgan fingerprint density at radius 1 is 1.50 bits per heavy atom. The van der Waals surface area contributed by atoms with E-state index in [0.717, 1.165) is 5.57 Å². The SMILES string of the molecule is CC(C)=CCOc1ccc(Cl)c(C(=O)O)c1. The van der Waals surface area contributed by atoms with Crippen molar-refractivity contribution in [3.63, 3.8) is 0 Å². The van der Waals surface area contributed by atoms with Crippen molar-refractivity contribution in [2.75, 3.05) is 6.61 Å². The summed E-state index contributed by atoms with van der Waals surface area (Å²) in [5.41, 5.74) is 1.20. The predicted molar refractivity (Wildman–Crippen MR) is 63.3 cm³/mol. The Morgan fingerprint density at radius 3 is 2.75 bits per heavy atom. The van der Waals surface area contributed by atoms with E-state index < -0.39 is 5.97 Å². The van der Waals surface area contributed by atoms with E-state index in [1.54, 1.807) is 6.07 Å². The fraction of sp³-hybridized carbons (Fsp3) is 0.250. The fourth-order valence-corrected chi connectivity index (χ4v) is 1.26. The number of carboxylic acids is 1. The summed E-state index contributed by atoms with van der Waals surface area (Å²) in [7, 11) is 0. The van der Waals surface area contributed by atoms with Crippen molar-refractivity contribution < 1.29 is 14.6 Å². The zero-order valence-corrected chi connectivity index (χ0v) is 9.91. The summed E-state index contributed by atoms with van der Waals surface area (Å²) in [6, 6.07) is 4.58. The summed E-state index contributed by atoms with van der Waals surface area (Å²) in [5, 5.41) is 9.06. The van der Waals surface area contributed by atoms with Gasteiger partial charge in [-0.3, -0.25) is 0 Å². The molecule has 0 saturated heterocycles. The van der Waals surface area contributed by atoms with Gasteiger partial charge in [0.1, 0.15) is 12.4 Å². The molecular weight excluding hydrogens is 228 g/mol. The zero-order chi connectivity index (χ0) is 12.1. The second-order valence-corrected chi connectivity index (χ2v) is 3.95. The van der Waals surface area contributed by atoms with Crippen LogP contribution in [-0.2, 0) is 0 Å². The van der Waals surface area contributed by atoms with E-state index in [2.05, 4.69) is 0 Å². The van der Waals surface area contributed by atoms with Crippen LogP contribution in [0.15, 0.2) is 29.8 Å². The number of halogens is 1. The quantitative estimate of drug-likeness (QED) is 0.821. The first kappa shape index (κ1) is 12.6. The molecule has 0 aliphatic heterocycles. The van der Waals surface area contributed by atoms with Crippen LogP contribution in [0.5, 0.6) is 5.75 Å². The lowest BCUT2D eigenvalue weighted by Crippen LogP contribution is -2.00. The van der Waals surface area contributed by atoms with Crippen LogP contribution in [0.3, 0.4) is 0 Å². The minimum Gasteiger partial charge on any atom is -0.490 e. The summed E-state index contributed by atoms with van der Waals surface area (Å²) in [4.78, 5) is 10.8. The molecule has 4 heteroatoms. The van der Waals surface area contributed by atoms with Gasteiger partial charge in [0.15, 0.2) is 0 Å². The Labute approximate surface area is 99.3 Å². The van der Waals surface area contributed by atoms with Gasteiger partial charge in [0, 0.05) is 0 Å². The van der Waals surface area contributed by atoms with Gasteiger partial charge in [-0.15, -0.1) is 0 Å². The Morgan fingerprint density at radius 2 is 2.19 bits per heavy atom. The predicted octanol–water partition coefficient (Wildman–Crippen LogP) is 3.38. The topological polar surface area (TPSA) is 46.5 Å². The molecule has 0 aromatic heterocycles. The third-order valence-electron chi connectivity index (χ3n) is 1.91. The maximum atomic E-state index is 10.8. The molecule has 0 amide bonds. The molecule has 0 spiro atoms. The van der Waals surface area contributed by atoms with Crippen molar-refractivity contribution >= 4 is 17.6 Å². The van der Waals surface area contributed by atoms with Crippen molar-refractivity contribution in [2.45, 2.75) is 13.8 Å². The maximum absolute atomic E-state index is 10.8. The van der Waals surface area contributed by atoms with Gasteiger partial charge in [-0.1, -0.05) is 17.2 Å². The number of benzene rings is 1. The number of hydrogen-bond donors (Lipinski definition) is 1. The molecule has 86 valence electrons.